The van der Waals surface area contributed by atoms with E-state index in [1.807, 2.05) is 40.2 Å². The Kier molecular flexibility index (Phi) is 5.80. The van der Waals surface area contributed by atoms with E-state index < -0.39 is 12.3 Å². The molecule has 3 aliphatic rings. The predicted octanol–water partition coefficient (Wildman–Crippen LogP) is 4.07. The highest BCUT2D eigenvalue weighted by Crippen LogP contribution is 2.33. The predicted molar refractivity (Wildman–Crippen MR) is 124 cm³/mol. The molecular weight excluding hydrogens is 429 g/mol. The molecule has 3 aliphatic heterocycles. The van der Waals surface area contributed by atoms with Crippen molar-refractivity contribution in [1.82, 2.24) is 4.90 Å². The molecule has 2 aromatic rings. The van der Waals surface area contributed by atoms with Crippen LogP contribution in [-0.2, 0) is 17.7 Å². The summed E-state index contributed by atoms with van der Waals surface area (Å²) < 4.78 is 20.7. The Morgan fingerprint density at radius 2 is 2.03 bits per heavy atom. The third-order valence-electron chi connectivity index (χ3n) is 6.03. The number of allylic oxidation sites excluding steroid dienone is 2. The highest BCUT2D eigenvalue weighted by atomic mass is 32.2. The molecule has 6 nitrogen and oxygen atoms in total. The van der Waals surface area contributed by atoms with Crippen LogP contribution in [0.4, 0.5) is 20.6 Å². The Balaban J connectivity index is 1.32. The number of hydrogen-bond donors (Lipinski definition) is 1. The number of halogens is 1. The lowest BCUT2D eigenvalue weighted by molar-refractivity contribution is 0.0559. The number of cyclic esters (lactones) is 1. The fraction of sp³-hybridized carbons (Fsp3) is 0.292. The van der Waals surface area contributed by atoms with Crippen molar-refractivity contribution in [3.05, 3.63) is 82.7 Å². The number of fused-ring (bicyclic) bond motifs is 1. The standard InChI is InChI=1S/C24H24FN3O3S/c25-20-13-19(8-9-21(20)26-12-10-17-5-1-2-6-18(17)14-26)28-15-22(31-24(28)30)27-11-4-3-7-23(27)32-16-29/h1-9,13,22,29H,10-12,14-16H2/t22-/m0/s1. The third-order valence-corrected chi connectivity index (χ3v) is 6.83. The molecule has 0 saturated carbocycles. The molecular formula is C24H24FN3O3S. The van der Waals surface area contributed by atoms with Crippen LogP contribution in [0.2, 0.25) is 0 Å². The SMILES string of the molecule is O=C1O[C@H](N2CC=CC=C2SCO)CN1c1ccc(N2CCc3ccccc3C2)c(F)c1. The second-order valence-corrected chi connectivity index (χ2v) is 8.85. The minimum Gasteiger partial charge on any atom is -0.423 e. The van der Waals surface area contributed by atoms with Crippen LogP contribution in [-0.4, -0.2) is 47.9 Å². The quantitative estimate of drug-likeness (QED) is 0.689. The summed E-state index contributed by atoms with van der Waals surface area (Å²) in [6.45, 7) is 2.28. The van der Waals surface area contributed by atoms with E-state index in [0.717, 1.165) is 18.0 Å². The highest BCUT2D eigenvalue weighted by Gasteiger charge is 2.37. The number of carbonyl (C=O) groups excluding carboxylic acids is 1. The molecule has 0 spiro atoms. The summed E-state index contributed by atoms with van der Waals surface area (Å²) in [5, 5.41) is 10.1. The van der Waals surface area contributed by atoms with Crippen LogP contribution in [0.25, 0.3) is 0 Å². The lowest BCUT2D eigenvalue weighted by atomic mass is 9.99. The van der Waals surface area contributed by atoms with Gasteiger partial charge >= 0.3 is 6.09 Å². The van der Waals surface area contributed by atoms with Crippen molar-refractivity contribution in [2.45, 2.75) is 19.2 Å². The Labute approximate surface area is 190 Å². The van der Waals surface area contributed by atoms with Crippen molar-refractivity contribution in [3.8, 4) is 0 Å². The molecule has 0 aliphatic carbocycles. The number of rotatable bonds is 5. The van der Waals surface area contributed by atoms with E-state index in [1.165, 1.54) is 33.9 Å². The molecule has 166 valence electrons. The zero-order valence-corrected chi connectivity index (χ0v) is 18.3. The first kappa shape index (κ1) is 20.9. The lowest BCUT2D eigenvalue weighted by Gasteiger charge is -2.31. The van der Waals surface area contributed by atoms with Gasteiger partial charge in [-0.3, -0.25) is 4.90 Å². The van der Waals surface area contributed by atoms with Crippen LogP contribution in [0, 0.1) is 5.82 Å². The number of amides is 1. The van der Waals surface area contributed by atoms with Gasteiger partial charge in [0.05, 0.1) is 28.9 Å². The van der Waals surface area contributed by atoms with Gasteiger partial charge in [-0.05, 0) is 41.8 Å². The van der Waals surface area contributed by atoms with Crippen molar-refractivity contribution in [2.24, 2.45) is 0 Å². The molecule has 0 bridgehead atoms. The first-order valence-corrected chi connectivity index (χ1v) is 11.6. The number of thioether (sulfide) groups is 1. The summed E-state index contributed by atoms with van der Waals surface area (Å²) >= 11 is 1.28. The normalized spacial score (nSPS) is 20.3. The maximum Gasteiger partial charge on any atom is 0.416 e. The molecule has 0 aromatic heterocycles. The highest BCUT2D eigenvalue weighted by molar-refractivity contribution is 8.02. The van der Waals surface area contributed by atoms with Crippen molar-refractivity contribution in [3.63, 3.8) is 0 Å². The molecule has 1 atom stereocenters. The summed E-state index contributed by atoms with van der Waals surface area (Å²) in [6.07, 6.45) is 5.63. The summed E-state index contributed by atoms with van der Waals surface area (Å²) in [5.74, 6) is -0.413. The number of benzene rings is 2. The molecule has 1 fully saturated rings. The van der Waals surface area contributed by atoms with Gasteiger partial charge in [0.15, 0.2) is 6.23 Å². The average molecular weight is 454 g/mol. The van der Waals surface area contributed by atoms with Gasteiger partial charge in [-0.15, -0.1) is 0 Å². The molecule has 3 heterocycles. The second-order valence-electron chi connectivity index (χ2n) is 7.88. The van der Waals surface area contributed by atoms with Gasteiger partial charge in [-0.1, -0.05) is 48.2 Å². The summed E-state index contributed by atoms with van der Waals surface area (Å²) in [6, 6.07) is 13.2. The number of aliphatic hydroxyl groups excluding tert-OH is 1. The lowest BCUT2D eigenvalue weighted by Crippen LogP contribution is -2.38. The number of anilines is 2. The van der Waals surface area contributed by atoms with E-state index in [2.05, 4.69) is 12.1 Å². The van der Waals surface area contributed by atoms with E-state index in [-0.39, 0.29) is 18.3 Å². The fourth-order valence-corrected chi connectivity index (χ4v) is 5.07. The van der Waals surface area contributed by atoms with Crippen molar-refractivity contribution < 1.29 is 19.0 Å². The van der Waals surface area contributed by atoms with Gasteiger partial charge in [0, 0.05) is 19.6 Å². The van der Waals surface area contributed by atoms with Crippen LogP contribution in [0.1, 0.15) is 11.1 Å². The van der Waals surface area contributed by atoms with Crippen LogP contribution in [0.5, 0.6) is 0 Å². The molecule has 8 heteroatoms. The fourth-order valence-electron chi connectivity index (χ4n) is 4.41. The van der Waals surface area contributed by atoms with Crippen LogP contribution >= 0.6 is 11.8 Å². The molecule has 0 radical (unpaired) electrons. The van der Waals surface area contributed by atoms with Crippen LogP contribution in [0.3, 0.4) is 0 Å². The van der Waals surface area contributed by atoms with Crippen molar-refractivity contribution in [2.75, 3.05) is 35.4 Å². The van der Waals surface area contributed by atoms with Crippen LogP contribution in [0.15, 0.2) is 65.7 Å². The molecule has 32 heavy (non-hydrogen) atoms. The number of nitrogens with zero attached hydrogens (tertiary/aromatic N) is 3. The molecule has 2 aromatic carbocycles. The van der Waals surface area contributed by atoms with Gasteiger partial charge in [-0.2, -0.15) is 0 Å². The Morgan fingerprint density at radius 3 is 2.84 bits per heavy atom. The van der Waals surface area contributed by atoms with Crippen molar-refractivity contribution >= 4 is 29.2 Å². The molecule has 1 N–H and O–H groups in total. The average Bonchev–Trinajstić information content (AvgIpc) is 3.20. The number of carbonyl (C=O) groups is 1. The third kappa shape index (κ3) is 3.96. The first-order valence-electron chi connectivity index (χ1n) is 10.6. The van der Waals surface area contributed by atoms with E-state index in [4.69, 9.17) is 4.74 Å². The molecule has 5 rings (SSSR count). The molecule has 0 unspecified atom stereocenters. The Morgan fingerprint density at radius 1 is 1.19 bits per heavy atom. The van der Waals surface area contributed by atoms with E-state index >= 15 is 4.39 Å². The van der Waals surface area contributed by atoms with Gasteiger partial charge in [0.1, 0.15) is 5.82 Å². The Hall–Kier alpha value is -2.97. The minimum absolute atomic E-state index is 0.0613. The van der Waals surface area contributed by atoms with E-state index in [9.17, 15) is 9.90 Å². The van der Waals surface area contributed by atoms with Gasteiger partial charge in [-0.25, -0.2) is 9.18 Å². The van der Waals surface area contributed by atoms with Gasteiger partial charge in [0.2, 0.25) is 0 Å². The smallest absolute Gasteiger partial charge is 0.416 e. The monoisotopic (exact) mass is 453 g/mol. The topological polar surface area (TPSA) is 56.2 Å². The van der Waals surface area contributed by atoms with Gasteiger partial charge < -0.3 is 19.6 Å². The maximum atomic E-state index is 15.1. The zero-order chi connectivity index (χ0) is 22.1. The van der Waals surface area contributed by atoms with Gasteiger partial charge in [0.25, 0.3) is 0 Å². The maximum absolute atomic E-state index is 15.1. The number of ether oxygens (including phenoxy) is 1. The van der Waals surface area contributed by atoms with Crippen LogP contribution < -0.4 is 9.80 Å². The van der Waals surface area contributed by atoms with Crippen molar-refractivity contribution in [1.29, 1.82) is 0 Å². The largest absolute Gasteiger partial charge is 0.423 e. The van der Waals surface area contributed by atoms with E-state index in [0.29, 0.717) is 24.5 Å². The van der Waals surface area contributed by atoms with E-state index in [1.54, 1.807) is 12.1 Å². The molecule has 1 saturated heterocycles. The second kappa shape index (κ2) is 8.88. The summed E-state index contributed by atoms with van der Waals surface area (Å²) in [5.41, 5.74) is 3.54. The Bertz CT molecular complexity index is 1090. The zero-order valence-electron chi connectivity index (χ0n) is 17.5. The number of aliphatic hydroxyl groups is 1. The minimum atomic E-state index is -0.503. The first-order chi connectivity index (χ1) is 15.6. The molecule has 1 amide bonds. The summed E-state index contributed by atoms with van der Waals surface area (Å²) in [4.78, 5) is 18.0. The number of hydrogen-bond acceptors (Lipinski definition) is 6. The summed E-state index contributed by atoms with van der Waals surface area (Å²) in [7, 11) is 0.